The van der Waals surface area contributed by atoms with Crippen molar-refractivity contribution in [3.05, 3.63) is 71.8 Å². The molecule has 5 rings (SSSR count). The molecule has 3 aliphatic rings. The normalized spacial score (nSPS) is 34.0. The molecule has 2 aromatic carbocycles. The van der Waals surface area contributed by atoms with E-state index in [4.69, 9.17) is 0 Å². The molecule has 1 nitrogen and oxygen atoms in total. The van der Waals surface area contributed by atoms with Gasteiger partial charge in [-0.3, -0.25) is 0 Å². The van der Waals surface area contributed by atoms with E-state index in [-0.39, 0.29) is 5.41 Å². The topological polar surface area (TPSA) is 23.8 Å². The van der Waals surface area contributed by atoms with E-state index in [1.165, 1.54) is 22.3 Å². The first-order chi connectivity index (χ1) is 10.4. The predicted octanol–water partition coefficient (Wildman–Crippen LogP) is 4.42. The first kappa shape index (κ1) is 11.3. The van der Waals surface area contributed by atoms with Crippen LogP contribution in [0, 0.1) is 23.2 Å². The fourth-order valence-corrected chi connectivity index (χ4v) is 5.05. The van der Waals surface area contributed by atoms with Gasteiger partial charge in [0.25, 0.3) is 0 Å². The van der Waals surface area contributed by atoms with Gasteiger partial charge in [-0.05, 0) is 40.5 Å². The van der Waals surface area contributed by atoms with Crippen molar-refractivity contribution in [3.63, 3.8) is 0 Å². The van der Waals surface area contributed by atoms with Gasteiger partial charge in [-0.2, -0.15) is 5.26 Å². The summed E-state index contributed by atoms with van der Waals surface area (Å²) in [7, 11) is 0. The molecule has 100 valence electrons. The number of nitrogens with zero attached hydrogens (tertiary/aromatic N) is 1. The third-order valence-electron chi connectivity index (χ3n) is 5.82. The lowest BCUT2D eigenvalue weighted by molar-refractivity contribution is 0.0824. The van der Waals surface area contributed by atoms with Gasteiger partial charge >= 0.3 is 0 Å². The van der Waals surface area contributed by atoms with Crippen LogP contribution in [0.15, 0.2) is 60.7 Å². The van der Waals surface area contributed by atoms with E-state index in [0.29, 0.717) is 17.8 Å². The van der Waals surface area contributed by atoms with E-state index in [1.54, 1.807) is 0 Å². The van der Waals surface area contributed by atoms with Crippen molar-refractivity contribution < 1.29 is 0 Å². The van der Waals surface area contributed by atoms with Crippen LogP contribution < -0.4 is 0 Å². The smallest absolute Gasteiger partial charge is 0.0939 e. The first-order valence-electron chi connectivity index (χ1n) is 7.64. The average Bonchev–Trinajstić information content (AvgIpc) is 2.95. The Morgan fingerprint density at radius 2 is 1.76 bits per heavy atom. The molecule has 0 bridgehead atoms. The van der Waals surface area contributed by atoms with E-state index < -0.39 is 0 Å². The predicted molar refractivity (Wildman–Crippen MR) is 82.6 cm³/mol. The van der Waals surface area contributed by atoms with Gasteiger partial charge in [0.1, 0.15) is 0 Å². The number of hydrogen-bond donors (Lipinski definition) is 0. The van der Waals surface area contributed by atoms with Crippen molar-refractivity contribution in [1.29, 1.82) is 5.26 Å². The second-order valence-corrected chi connectivity index (χ2v) is 6.44. The monoisotopic (exact) mass is 269 g/mol. The van der Waals surface area contributed by atoms with Gasteiger partial charge in [0.15, 0.2) is 0 Å². The van der Waals surface area contributed by atoms with Crippen LogP contribution in [-0.2, 0) is 5.41 Å². The van der Waals surface area contributed by atoms with E-state index >= 15 is 0 Å². The summed E-state index contributed by atoms with van der Waals surface area (Å²) in [6.45, 7) is 0. The zero-order valence-electron chi connectivity index (χ0n) is 11.7. The van der Waals surface area contributed by atoms with Gasteiger partial charge in [-0.25, -0.2) is 0 Å². The van der Waals surface area contributed by atoms with E-state index in [0.717, 1.165) is 6.42 Å². The van der Waals surface area contributed by atoms with Crippen LogP contribution in [0.5, 0.6) is 0 Å². The Morgan fingerprint density at radius 1 is 1.00 bits per heavy atom. The van der Waals surface area contributed by atoms with Crippen LogP contribution in [0.25, 0.3) is 11.1 Å². The number of allylic oxidation sites excluding steroid dienone is 2. The Balaban J connectivity index is 1.88. The largest absolute Gasteiger partial charge is 0.197 e. The minimum Gasteiger partial charge on any atom is -0.197 e. The van der Waals surface area contributed by atoms with Crippen LogP contribution in [0.4, 0.5) is 0 Å². The summed E-state index contributed by atoms with van der Waals surface area (Å²) in [6.07, 6.45) is 5.67. The Kier molecular flexibility index (Phi) is 1.97. The highest BCUT2D eigenvalue weighted by Crippen LogP contribution is 2.69. The quantitative estimate of drug-likeness (QED) is 0.649. The van der Waals surface area contributed by atoms with Crippen molar-refractivity contribution in [2.45, 2.75) is 17.8 Å². The summed E-state index contributed by atoms with van der Waals surface area (Å²) in [6, 6.07) is 19.9. The van der Waals surface area contributed by atoms with E-state index in [1.807, 2.05) is 0 Å². The molecule has 0 aliphatic heterocycles. The summed E-state index contributed by atoms with van der Waals surface area (Å²) < 4.78 is 0. The van der Waals surface area contributed by atoms with Crippen LogP contribution in [0.1, 0.15) is 23.5 Å². The Bertz CT molecular complexity index is 826. The average molecular weight is 269 g/mol. The fraction of sp³-hybridized carbons (Fsp3) is 0.250. The number of nitriles is 1. The molecule has 4 atom stereocenters. The highest BCUT2D eigenvalue weighted by atomic mass is 14.7. The highest BCUT2D eigenvalue weighted by Gasteiger charge is 2.65. The van der Waals surface area contributed by atoms with Gasteiger partial charge in [0, 0.05) is 5.92 Å². The number of fused-ring (bicyclic) bond motifs is 9. The van der Waals surface area contributed by atoms with Gasteiger partial charge in [-0.15, -0.1) is 0 Å². The van der Waals surface area contributed by atoms with Crippen LogP contribution in [0.2, 0.25) is 0 Å². The Hall–Kier alpha value is -2.33. The highest BCUT2D eigenvalue weighted by molar-refractivity contribution is 5.79. The molecule has 0 aromatic heterocycles. The molecule has 3 unspecified atom stereocenters. The van der Waals surface area contributed by atoms with Crippen molar-refractivity contribution in [3.8, 4) is 17.2 Å². The van der Waals surface area contributed by atoms with E-state index in [2.05, 4.69) is 66.8 Å². The molecule has 0 radical (unpaired) electrons. The molecule has 0 saturated heterocycles. The van der Waals surface area contributed by atoms with Crippen molar-refractivity contribution >= 4 is 0 Å². The number of benzene rings is 2. The Morgan fingerprint density at radius 3 is 2.62 bits per heavy atom. The Labute approximate surface area is 124 Å². The molecular weight excluding hydrogens is 254 g/mol. The molecule has 1 heteroatoms. The molecule has 0 spiro atoms. The lowest BCUT2D eigenvalue weighted by Gasteiger charge is -2.58. The van der Waals surface area contributed by atoms with Gasteiger partial charge in [0.05, 0.1) is 11.5 Å². The molecule has 1 fully saturated rings. The maximum atomic E-state index is 10.1. The van der Waals surface area contributed by atoms with Crippen molar-refractivity contribution in [1.82, 2.24) is 0 Å². The molecule has 0 heterocycles. The molecule has 3 aliphatic carbocycles. The summed E-state index contributed by atoms with van der Waals surface area (Å²) >= 11 is 0. The lowest BCUT2D eigenvalue weighted by atomic mass is 9.41. The molecule has 1 saturated carbocycles. The maximum Gasteiger partial charge on any atom is 0.0939 e. The zero-order chi connectivity index (χ0) is 14.0. The lowest BCUT2D eigenvalue weighted by Crippen LogP contribution is -2.57. The fourth-order valence-electron chi connectivity index (χ4n) is 5.05. The molecule has 2 aromatic rings. The van der Waals surface area contributed by atoms with Crippen molar-refractivity contribution in [2.75, 3.05) is 0 Å². The first-order valence-corrected chi connectivity index (χ1v) is 7.64. The summed E-state index contributed by atoms with van der Waals surface area (Å²) in [5.74, 6) is 1.33. The SMILES string of the molecule is N#C[C@]12c3ccccc3-c3ccccc3C1C1C=CCC12. The number of rotatable bonds is 0. The summed E-state index contributed by atoms with van der Waals surface area (Å²) in [4.78, 5) is 0. The van der Waals surface area contributed by atoms with Crippen LogP contribution in [0.3, 0.4) is 0 Å². The van der Waals surface area contributed by atoms with E-state index in [9.17, 15) is 5.26 Å². The molecule has 21 heavy (non-hydrogen) atoms. The van der Waals surface area contributed by atoms with Gasteiger partial charge in [0.2, 0.25) is 0 Å². The minimum atomic E-state index is -0.320. The zero-order valence-corrected chi connectivity index (χ0v) is 11.7. The second-order valence-electron chi connectivity index (χ2n) is 6.44. The van der Waals surface area contributed by atoms with Crippen LogP contribution >= 0.6 is 0 Å². The third-order valence-corrected chi connectivity index (χ3v) is 5.82. The standard InChI is InChI=1S/C20H15N/c21-12-20-17-10-4-3-7-14(17)13-6-1-2-8-15(13)19(20)16-9-5-11-18(16)20/h1-10,16,18-19H,11H2/t16?,18?,19?,20-/m1/s1. The minimum absolute atomic E-state index is 0.320. The maximum absolute atomic E-state index is 10.1. The summed E-state index contributed by atoms with van der Waals surface area (Å²) in [5.41, 5.74) is 4.88. The third kappa shape index (κ3) is 1.10. The molecule has 0 N–H and O–H groups in total. The molecule has 0 amide bonds. The second kappa shape index (κ2) is 3.65. The van der Waals surface area contributed by atoms with Crippen LogP contribution in [-0.4, -0.2) is 0 Å². The van der Waals surface area contributed by atoms with Crippen molar-refractivity contribution in [2.24, 2.45) is 11.8 Å². The van der Waals surface area contributed by atoms with Gasteiger partial charge in [-0.1, -0.05) is 60.7 Å². The number of hydrogen-bond acceptors (Lipinski definition) is 1. The summed E-state index contributed by atoms with van der Waals surface area (Å²) in [5, 5.41) is 10.1. The molecular formula is C20H15N. The van der Waals surface area contributed by atoms with Gasteiger partial charge < -0.3 is 0 Å².